The normalized spacial score (nSPS) is 18.8. The van der Waals surface area contributed by atoms with E-state index in [2.05, 4.69) is 10.00 Å². The maximum Gasteiger partial charge on any atom is 0.243 e. The molecular formula is C19H28N4O2S. The lowest BCUT2D eigenvalue weighted by Crippen LogP contribution is -2.31. The van der Waals surface area contributed by atoms with Crippen LogP contribution in [0.15, 0.2) is 29.2 Å². The van der Waals surface area contributed by atoms with Crippen molar-refractivity contribution in [2.75, 3.05) is 20.6 Å². The van der Waals surface area contributed by atoms with Gasteiger partial charge in [-0.15, -0.1) is 0 Å². The van der Waals surface area contributed by atoms with Gasteiger partial charge in [0, 0.05) is 20.1 Å². The van der Waals surface area contributed by atoms with E-state index in [0.29, 0.717) is 11.4 Å². The molecule has 1 saturated heterocycles. The van der Waals surface area contributed by atoms with Crippen molar-refractivity contribution < 1.29 is 8.42 Å². The summed E-state index contributed by atoms with van der Waals surface area (Å²) in [6.07, 6.45) is 1.66. The van der Waals surface area contributed by atoms with Crippen LogP contribution in [-0.4, -0.2) is 48.0 Å². The SMILES string of the molecule is Cc1ccc(S(=O)(=O)N2CCC[C@@H]2c2cc(CN(C)C)n(C)n2)cc1C. The van der Waals surface area contributed by atoms with Crippen LogP contribution in [0.4, 0.5) is 0 Å². The number of rotatable bonds is 5. The van der Waals surface area contributed by atoms with Crippen LogP contribution in [0, 0.1) is 13.8 Å². The molecule has 0 amide bonds. The first kappa shape index (κ1) is 19.1. The lowest BCUT2D eigenvalue weighted by Gasteiger charge is -2.23. The lowest BCUT2D eigenvalue weighted by atomic mass is 10.1. The maximum absolute atomic E-state index is 13.2. The summed E-state index contributed by atoms with van der Waals surface area (Å²) in [5.41, 5.74) is 4.02. The number of sulfonamides is 1. The third kappa shape index (κ3) is 3.56. The largest absolute Gasteiger partial charge is 0.304 e. The van der Waals surface area contributed by atoms with E-state index in [-0.39, 0.29) is 6.04 Å². The molecule has 1 fully saturated rings. The van der Waals surface area contributed by atoms with Gasteiger partial charge < -0.3 is 4.90 Å². The first-order valence-corrected chi connectivity index (χ1v) is 10.4. The monoisotopic (exact) mass is 376 g/mol. The Hall–Kier alpha value is -1.70. The van der Waals surface area contributed by atoms with Crippen molar-refractivity contribution in [2.24, 2.45) is 7.05 Å². The Labute approximate surface area is 156 Å². The van der Waals surface area contributed by atoms with Gasteiger partial charge in [-0.3, -0.25) is 4.68 Å². The van der Waals surface area contributed by atoms with Gasteiger partial charge in [0.1, 0.15) is 0 Å². The summed E-state index contributed by atoms with van der Waals surface area (Å²) in [5.74, 6) is 0. The molecule has 6 nitrogen and oxygen atoms in total. The number of benzene rings is 1. The Morgan fingerprint density at radius 1 is 1.19 bits per heavy atom. The second-order valence-electron chi connectivity index (χ2n) is 7.44. The van der Waals surface area contributed by atoms with Crippen LogP contribution in [0.2, 0.25) is 0 Å². The Morgan fingerprint density at radius 3 is 2.58 bits per heavy atom. The highest BCUT2D eigenvalue weighted by atomic mass is 32.2. The van der Waals surface area contributed by atoms with Crippen LogP contribution >= 0.6 is 0 Å². The van der Waals surface area contributed by atoms with E-state index in [1.165, 1.54) is 0 Å². The van der Waals surface area contributed by atoms with Gasteiger partial charge in [-0.1, -0.05) is 6.07 Å². The summed E-state index contributed by atoms with van der Waals surface area (Å²) in [6.45, 7) is 5.26. The van der Waals surface area contributed by atoms with Crippen LogP contribution in [-0.2, 0) is 23.6 Å². The molecule has 0 saturated carbocycles. The second kappa shape index (κ2) is 7.13. The summed E-state index contributed by atoms with van der Waals surface area (Å²) < 4.78 is 29.9. The number of aryl methyl sites for hydroxylation is 3. The lowest BCUT2D eigenvalue weighted by molar-refractivity contribution is 0.384. The zero-order valence-corrected chi connectivity index (χ0v) is 17.0. The minimum atomic E-state index is -3.53. The smallest absolute Gasteiger partial charge is 0.243 e. The number of hydrogen-bond donors (Lipinski definition) is 0. The van der Waals surface area contributed by atoms with E-state index in [1.807, 2.05) is 51.8 Å². The van der Waals surface area contributed by atoms with Crippen molar-refractivity contribution in [1.29, 1.82) is 0 Å². The zero-order valence-electron chi connectivity index (χ0n) is 16.2. The zero-order chi connectivity index (χ0) is 19.1. The minimum absolute atomic E-state index is 0.191. The van der Waals surface area contributed by atoms with Crippen LogP contribution in [0.5, 0.6) is 0 Å². The molecule has 3 rings (SSSR count). The third-order valence-corrected chi connectivity index (χ3v) is 7.01. The highest BCUT2D eigenvalue weighted by Crippen LogP contribution is 2.36. The Morgan fingerprint density at radius 2 is 1.92 bits per heavy atom. The van der Waals surface area contributed by atoms with E-state index >= 15 is 0 Å². The minimum Gasteiger partial charge on any atom is -0.304 e. The topological polar surface area (TPSA) is 58.4 Å². The summed E-state index contributed by atoms with van der Waals surface area (Å²) in [5, 5.41) is 4.62. The summed E-state index contributed by atoms with van der Waals surface area (Å²) in [4.78, 5) is 2.45. The molecule has 1 aliphatic heterocycles. The van der Waals surface area contributed by atoms with Crippen molar-refractivity contribution in [3.05, 3.63) is 46.8 Å². The van der Waals surface area contributed by atoms with Gasteiger partial charge in [0.15, 0.2) is 0 Å². The Kier molecular flexibility index (Phi) is 5.23. The van der Waals surface area contributed by atoms with Crippen molar-refractivity contribution in [2.45, 2.75) is 44.2 Å². The average molecular weight is 377 g/mol. The van der Waals surface area contributed by atoms with E-state index in [1.54, 1.807) is 16.4 Å². The van der Waals surface area contributed by atoms with Gasteiger partial charge >= 0.3 is 0 Å². The first-order valence-electron chi connectivity index (χ1n) is 8.97. The van der Waals surface area contributed by atoms with Gasteiger partial charge in [0.05, 0.1) is 22.3 Å². The molecule has 0 unspecified atom stereocenters. The van der Waals surface area contributed by atoms with E-state index < -0.39 is 10.0 Å². The van der Waals surface area contributed by atoms with Gasteiger partial charge in [-0.2, -0.15) is 9.40 Å². The molecule has 2 aromatic rings. The molecular weight excluding hydrogens is 348 g/mol. The van der Waals surface area contributed by atoms with Gasteiger partial charge in [-0.05, 0) is 70.1 Å². The maximum atomic E-state index is 13.2. The van der Waals surface area contributed by atoms with Crippen molar-refractivity contribution in [1.82, 2.24) is 19.0 Å². The first-order chi connectivity index (χ1) is 12.2. The molecule has 7 heteroatoms. The van der Waals surface area contributed by atoms with E-state index in [9.17, 15) is 8.42 Å². The Bertz CT molecular complexity index is 902. The molecule has 1 aliphatic rings. The van der Waals surface area contributed by atoms with Crippen molar-refractivity contribution in [3.8, 4) is 0 Å². The molecule has 1 aromatic heterocycles. The van der Waals surface area contributed by atoms with Gasteiger partial charge in [0.25, 0.3) is 0 Å². The number of hydrogen-bond acceptors (Lipinski definition) is 4. The van der Waals surface area contributed by atoms with Crippen LogP contribution in [0.25, 0.3) is 0 Å². The molecule has 1 aromatic carbocycles. The molecule has 0 radical (unpaired) electrons. The van der Waals surface area contributed by atoms with Crippen LogP contribution in [0.1, 0.15) is 41.4 Å². The summed E-state index contributed by atoms with van der Waals surface area (Å²) >= 11 is 0. The molecule has 0 spiro atoms. The van der Waals surface area contributed by atoms with Crippen molar-refractivity contribution in [3.63, 3.8) is 0 Å². The van der Waals surface area contributed by atoms with Gasteiger partial charge in [0.2, 0.25) is 10.0 Å². The highest BCUT2D eigenvalue weighted by molar-refractivity contribution is 7.89. The highest BCUT2D eigenvalue weighted by Gasteiger charge is 2.37. The van der Waals surface area contributed by atoms with E-state index in [0.717, 1.165) is 41.9 Å². The molecule has 0 N–H and O–H groups in total. The third-order valence-electron chi connectivity index (χ3n) is 5.10. The van der Waals surface area contributed by atoms with E-state index in [4.69, 9.17) is 0 Å². The standard InChI is InChI=1S/C19H28N4O2S/c1-14-8-9-17(11-15(14)2)26(24,25)23-10-6-7-19(23)18-12-16(13-21(3)4)22(5)20-18/h8-9,11-12,19H,6-7,10,13H2,1-5H3/t19-/m1/s1. The number of nitrogens with zero attached hydrogens (tertiary/aromatic N) is 4. The second-order valence-corrected chi connectivity index (χ2v) is 9.33. The molecule has 2 heterocycles. The summed E-state index contributed by atoms with van der Waals surface area (Å²) in [7, 11) is 2.41. The molecule has 26 heavy (non-hydrogen) atoms. The number of aromatic nitrogens is 2. The Balaban J connectivity index is 1.93. The fourth-order valence-corrected chi connectivity index (χ4v) is 5.25. The van der Waals surface area contributed by atoms with Gasteiger partial charge in [-0.25, -0.2) is 8.42 Å². The molecule has 0 bridgehead atoms. The molecule has 142 valence electrons. The van der Waals surface area contributed by atoms with Crippen LogP contribution in [0.3, 0.4) is 0 Å². The fourth-order valence-electron chi connectivity index (χ4n) is 3.50. The van der Waals surface area contributed by atoms with Crippen molar-refractivity contribution >= 4 is 10.0 Å². The summed E-state index contributed by atoms with van der Waals surface area (Å²) in [6, 6.07) is 7.21. The molecule has 1 atom stereocenters. The van der Waals surface area contributed by atoms with Crippen LogP contribution < -0.4 is 0 Å². The predicted octanol–water partition coefficient (Wildman–Crippen LogP) is 2.62. The quantitative estimate of drug-likeness (QED) is 0.805. The fraction of sp³-hybridized carbons (Fsp3) is 0.526. The molecule has 0 aliphatic carbocycles. The predicted molar refractivity (Wildman–Crippen MR) is 102 cm³/mol. The average Bonchev–Trinajstić information content (AvgIpc) is 3.17.